The van der Waals surface area contributed by atoms with E-state index >= 15 is 0 Å². The van der Waals surface area contributed by atoms with Gasteiger partial charge < -0.3 is 9.84 Å². The average molecular weight is 300 g/mol. The number of esters is 1. The van der Waals surface area contributed by atoms with Crippen LogP contribution in [-0.4, -0.2) is 23.1 Å². The third-order valence-electron chi connectivity index (χ3n) is 4.37. The van der Waals surface area contributed by atoms with Crippen LogP contribution in [0.1, 0.15) is 74.1 Å². The minimum absolute atomic E-state index is 0.197. The Balaban J connectivity index is 4.85. The van der Waals surface area contributed by atoms with E-state index in [0.29, 0.717) is 12.3 Å². The summed E-state index contributed by atoms with van der Waals surface area (Å²) in [6.45, 7) is 13.0. The highest BCUT2D eigenvalue weighted by molar-refractivity contribution is 5.99. The van der Waals surface area contributed by atoms with Gasteiger partial charge in [0.1, 0.15) is 6.10 Å². The fourth-order valence-electron chi connectivity index (χ4n) is 2.08. The lowest BCUT2D eigenvalue weighted by Gasteiger charge is -2.36. The molecule has 0 aliphatic heterocycles. The van der Waals surface area contributed by atoms with Crippen LogP contribution in [0, 0.1) is 16.7 Å². The molecule has 4 heteroatoms. The van der Waals surface area contributed by atoms with Crippen molar-refractivity contribution in [3.05, 3.63) is 0 Å². The molecule has 0 saturated heterocycles. The first-order valence-electron chi connectivity index (χ1n) is 7.91. The molecule has 124 valence electrons. The van der Waals surface area contributed by atoms with Gasteiger partial charge in [0.2, 0.25) is 0 Å². The number of carboxylic acid groups (broad SMARTS) is 1. The second-order valence-corrected chi connectivity index (χ2v) is 7.44. The van der Waals surface area contributed by atoms with Crippen LogP contribution < -0.4 is 0 Å². The fraction of sp³-hybridized carbons (Fsp3) is 0.882. The number of hydrogen-bond donors (Lipinski definition) is 1. The number of aliphatic carboxylic acids is 1. The maximum absolute atomic E-state index is 12.4. The Morgan fingerprint density at radius 1 is 1.10 bits per heavy atom. The third kappa shape index (κ3) is 5.33. The van der Waals surface area contributed by atoms with Crippen LogP contribution in [0.5, 0.6) is 0 Å². The molecule has 0 aliphatic rings. The molecular formula is C17H32O4. The molecule has 0 spiro atoms. The summed E-state index contributed by atoms with van der Waals surface area (Å²) in [5.41, 5.74) is -2.23. The van der Waals surface area contributed by atoms with Gasteiger partial charge in [-0.3, -0.25) is 9.59 Å². The van der Waals surface area contributed by atoms with E-state index in [1.165, 1.54) is 6.92 Å². The van der Waals surface area contributed by atoms with Crippen molar-refractivity contribution >= 4 is 11.9 Å². The van der Waals surface area contributed by atoms with Gasteiger partial charge >= 0.3 is 11.9 Å². The van der Waals surface area contributed by atoms with Crippen molar-refractivity contribution in [3.8, 4) is 0 Å². The van der Waals surface area contributed by atoms with E-state index in [0.717, 1.165) is 19.3 Å². The Morgan fingerprint density at radius 3 is 1.95 bits per heavy atom. The van der Waals surface area contributed by atoms with Crippen LogP contribution in [0.2, 0.25) is 0 Å². The number of hydrogen-bond acceptors (Lipinski definition) is 3. The SMILES string of the molecule is CCC(CCCC(C)C)OC(=O)C(C)(C(=O)O)C(C)(C)C. The van der Waals surface area contributed by atoms with Crippen molar-refractivity contribution < 1.29 is 19.4 Å². The summed E-state index contributed by atoms with van der Waals surface area (Å²) < 4.78 is 5.51. The Labute approximate surface area is 129 Å². The van der Waals surface area contributed by atoms with Crippen LogP contribution in [0.15, 0.2) is 0 Å². The van der Waals surface area contributed by atoms with Crippen molar-refractivity contribution in [2.45, 2.75) is 80.3 Å². The molecule has 2 atom stereocenters. The molecule has 0 aromatic carbocycles. The third-order valence-corrected chi connectivity index (χ3v) is 4.37. The van der Waals surface area contributed by atoms with Gasteiger partial charge in [0.05, 0.1) is 0 Å². The number of ether oxygens (including phenoxy) is 1. The minimum atomic E-state index is -1.53. The summed E-state index contributed by atoms with van der Waals surface area (Å²) in [5.74, 6) is -1.13. The summed E-state index contributed by atoms with van der Waals surface area (Å²) in [6, 6.07) is 0. The van der Waals surface area contributed by atoms with Crippen LogP contribution >= 0.6 is 0 Å². The van der Waals surface area contributed by atoms with Gasteiger partial charge in [-0.25, -0.2) is 0 Å². The molecule has 0 aromatic heterocycles. The lowest BCUT2D eigenvalue weighted by Crippen LogP contribution is -2.48. The lowest BCUT2D eigenvalue weighted by molar-refractivity contribution is -0.180. The first-order chi connectivity index (χ1) is 9.46. The summed E-state index contributed by atoms with van der Waals surface area (Å²) in [7, 11) is 0. The molecule has 0 heterocycles. The molecule has 4 nitrogen and oxygen atoms in total. The molecule has 1 N–H and O–H groups in total. The second kappa shape index (κ2) is 7.81. The molecule has 0 saturated carbocycles. The normalized spacial score (nSPS) is 16.4. The van der Waals surface area contributed by atoms with E-state index in [1.54, 1.807) is 20.8 Å². The van der Waals surface area contributed by atoms with E-state index in [1.807, 2.05) is 6.92 Å². The predicted octanol–water partition coefficient (Wildman–Crippen LogP) is 4.27. The first kappa shape index (κ1) is 19.9. The minimum Gasteiger partial charge on any atom is -0.480 e. The van der Waals surface area contributed by atoms with Crippen molar-refractivity contribution in [1.29, 1.82) is 0 Å². The van der Waals surface area contributed by atoms with E-state index in [9.17, 15) is 14.7 Å². The largest absolute Gasteiger partial charge is 0.480 e. The van der Waals surface area contributed by atoms with E-state index in [4.69, 9.17) is 4.74 Å². The van der Waals surface area contributed by atoms with Crippen molar-refractivity contribution in [2.75, 3.05) is 0 Å². The highest BCUT2D eigenvalue weighted by atomic mass is 16.5. The molecule has 0 radical (unpaired) electrons. The lowest BCUT2D eigenvalue weighted by atomic mass is 9.68. The number of rotatable bonds is 8. The van der Waals surface area contributed by atoms with E-state index in [2.05, 4.69) is 13.8 Å². The van der Waals surface area contributed by atoms with Gasteiger partial charge in [-0.15, -0.1) is 0 Å². The molecule has 0 bridgehead atoms. The summed E-state index contributed by atoms with van der Waals surface area (Å²) in [4.78, 5) is 24.0. The van der Waals surface area contributed by atoms with Gasteiger partial charge in [0.15, 0.2) is 5.41 Å². The van der Waals surface area contributed by atoms with Crippen LogP contribution in [0.25, 0.3) is 0 Å². The van der Waals surface area contributed by atoms with Crippen molar-refractivity contribution in [2.24, 2.45) is 16.7 Å². The molecule has 0 aromatic rings. The maximum atomic E-state index is 12.4. The predicted molar refractivity (Wildman–Crippen MR) is 84.1 cm³/mol. The standard InChI is InChI=1S/C17H32O4/c1-8-13(11-9-10-12(2)3)21-15(20)17(7,14(18)19)16(4,5)6/h12-13H,8-11H2,1-7H3,(H,18,19). The molecule has 2 unspecified atom stereocenters. The van der Waals surface area contributed by atoms with Crippen molar-refractivity contribution in [1.82, 2.24) is 0 Å². The monoisotopic (exact) mass is 300 g/mol. The van der Waals surface area contributed by atoms with E-state index < -0.39 is 22.8 Å². The van der Waals surface area contributed by atoms with Crippen LogP contribution in [-0.2, 0) is 14.3 Å². The topological polar surface area (TPSA) is 63.6 Å². The summed E-state index contributed by atoms with van der Waals surface area (Å²) >= 11 is 0. The van der Waals surface area contributed by atoms with Gasteiger partial charge in [0, 0.05) is 0 Å². The van der Waals surface area contributed by atoms with E-state index in [-0.39, 0.29) is 6.10 Å². The van der Waals surface area contributed by atoms with Crippen molar-refractivity contribution in [3.63, 3.8) is 0 Å². The number of carboxylic acids is 1. The van der Waals surface area contributed by atoms with Gasteiger partial charge in [-0.2, -0.15) is 0 Å². The molecule has 0 fully saturated rings. The zero-order chi connectivity index (χ0) is 16.8. The Bertz CT molecular complexity index is 354. The molecule has 0 amide bonds. The molecule has 0 rings (SSSR count). The van der Waals surface area contributed by atoms with Crippen LogP contribution in [0.3, 0.4) is 0 Å². The zero-order valence-corrected chi connectivity index (χ0v) is 14.7. The van der Waals surface area contributed by atoms with Gasteiger partial charge in [-0.1, -0.05) is 48.0 Å². The zero-order valence-electron chi connectivity index (χ0n) is 14.7. The molecule has 21 heavy (non-hydrogen) atoms. The fourth-order valence-corrected chi connectivity index (χ4v) is 2.08. The maximum Gasteiger partial charge on any atom is 0.324 e. The summed E-state index contributed by atoms with van der Waals surface area (Å²) in [5, 5.41) is 9.47. The van der Waals surface area contributed by atoms with Gasteiger partial charge in [0.25, 0.3) is 0 Å². The number of carbonyl (C=O) groups excluding carboxylic acids is 1. The molecular weight excluding hydrogens is 268 g/mol. The van der Waals surface area contributed by atoms with Crippen LogP contribution in [0.4, 0.5) is 0 Å². The Kier molecular flexibility index (Phi) is 7.41. The average Bonchev–Trinajstić information content (AvgIpc) is 2.34. The first-order valence-corrected chi connectivity index (χ1v) is 7.91. The highest BCUT2D eigenvalue weighted by Crippen LogP contribution is 2.40. The smallest absolute Gasteiger partial charge is 0.324 e. The second-order valence-electron chi connectivity index (χ2n) is 7.44. The Hall–Kier alpha value is -1.06. The summed E-state index contributed by atoms with van der Waals surface area (Å²) in [6.07, 6.45) is 3.38. The van der Waals surface area contributed by atoms with Gasteiger partial charge in [-0.05, 0) is 37.5 Å². The highest BCUT2D eigenvalue weighted by Gasteiger charge is 2.53. The quantitative estimate of drug-likeness (QED) is 0.537. The Morgan fingerprint density at radius 2 is 1.62 bits per heavy atom. The number of carbonyl (C=O) groups is 2. The molecule has 0 aliphatic carbocycles.